The molecule has 4 saturated heterocycles. The number of hydrogen-bond acceptors (Lipinski definition) is 7. The van der Waals surface area contributed by atoms with Crippen LogP contribution in [0.4, 0.5) is 0 Å². The van der Waals surface area contributed by atoms with E-state index in [1.54, 1.807) is 12.5 Å². The lowest BCUT2D eigenvalue weighted by molar-refractivity contribution is -0.282. The zero-order valence-corrected chi connectivity index (χ0v) is 15.2. The number of ether oxygens (including phenoxy) is 3. The topological polar surface area (TPSA) is 98.5 Å². The monoisotopic (exact) mass is 374 g/mol. The van der Waals surface area contributed by atoms with E-state index in [9.17, 15) is 14.7 Å². The summed E-state index contributed by atoms with van der Waals surface area (Å²) in [4.78, 5) is 25.5. The van der Waals surface area contributed by atoms with Crippen LogP contribution in [0.1, 0.15) is 44.8 Å². The summed E-state index contributed by atoms with van der Waals surface area (Å²) in [6.07, 6.45) is 3.34. The highest BCUT2D eigenvalue weighted by Crippen LogP contribution is 2.72. The fourth-order valence-corrected chi connectivity index (χ4v) is 6.93. The maximum atomic E-state index is 12.9. The lowest BCUT2D eigenvalue weighted by Crippen LogP contribution is -2.77. The molecule has 6 aliphatic rings. The van der Waals surface area contributed by atoms with E-state index in [0.717, 1.165) is 5.56 Å². The first-order chi connectivity index (χ1) is 12.8. The van der Waals surface area contributed by atoms with Crippen LogP contribution in [-0.4, -0.2) is 41.0 Å². The van der Waals surface area contributed by atoms with Gasteiger partial charge < -0.3 is 23.7 Å². The molecule has 0 amide bonds. The average molecular weight is 374 g/mol. The summed E-state index contributed by atoms with van der Waals surface area (Å²) in [5.74, 6) is -1.24. The molecule has 7 nitrogen and oxygen atoms in total. The van der Waals surface area contributed by atoms with Crippen LogP contribution < -0.4 is 0 Å². The maximum absolute atomic E-state index is 12.9. The van der Waals surface area contributed by atoms with Gasteiger partial charge in [-0.2, -0.15) is 0 Å². The van der Waals surface area contributed by atoms with Crippen LogP contribution in [0.25, 0.3) is 0 Å². The molecule has 1 aromatic heterocycles. The van der Waals surface area contributed by atoms with E-state index in [0.29, 0.717) is 19.3 Å². The van der Waals surface area contributed by atoms with Gasteiger partial charge in [0.05, 0.1) is 18.4 Å². The summed E-state index contributed by atoms with van der Waals surface area (Å²) in [6.45, 7) is 4.06. The van der Waals surface area contributed by atoms with Crippen molar-refractivity contribution in [2.45, 2.75) is 63.1 Å². The van der Waals surface area contributed by atoms with Crippen LogP contribution in [0.3, 0.4) is 0 Å². The van der Waals surface area contributed by atoms with Crippen LogP contribution in [0.15, 0.2) is 23.0 Å². The number of rotatable bonds is 1. The normalized spacial score (nSPS) is 55.1. The van der Waals surface area contributed by atoms with Gasteiger partial charge in [0, 0.05) is 16.9 Å². The highest BCUT2D eigenvalue weighted by atomic mass is 16.7. The lowest BCUT2D eigenvalue weighted by Gasteiger charge is -2.66. The van der Waals surface area contributed by atoms with E-state index < -0.39 is 40.7 Å². The van der Waals surface area contributed by atoms with Crippen LogP contribution in [0.5, 0.6) is 0 Å². The summed E-state index contributed by atoms with van der Waals surface area (Å²) >= 11 is 0. The van der Waals surface area contributed by atoms with Crippen molar-refractivity contribution in [2.24, 2.45) is 22.7 Å². The number of cyclic esters (lactones) is 1. The van der Waals surface area contributed by atoms with E-state index in [1.807, 2.05) is 13.0 Å². The van der Waals surface area contributed by atoms with E-state index >= 15 is 0 Å². The third kappa shape index (κ3) is 1.63. The number of carbonyl (C=O) groups is 2. The molecule has 0 spiro atoms. The molecule has 2 saturated carbocycles. The molecule has 9 atom stereocenters. The largest absolute Gasteiger partial charge is 0.472 e. The van der Waals surface area contributed by atoms with Crippen molar-refractivity contribution in [1.29, 1.82) is 0 Å². The van der Waals surface area contributed by atoms with Gasteiger partial charge in [0.2, 0.25) is 0 Å². The fourth-order valence-electron chi connectivity index (χ4n) is 6.93. The number of furan rings is 1. The van der Waals surface area contributed by atoms with Crippen LogP contribution in [0, 0.1) is 22.7 Å². The van der Waals surface area contributed by atoms with Crippen molar-refractivity contribution in [3.05, 3.63) is 24.2 Å². The Balaban J connectivity index is 1.48. The Morgan fingerprint density at radius 2 is 2.00 bits per heavy atom. The predicted molar refractivity (Wildman–Crippen MR) is 88.1 cm³/mol. The van der Waals surface area contributed by atoms with Crippen molar-refractivity contribution in [1.82, 2.24) is 0 Å². The first-order valence-electron chi connectivity index (χ1n) is 9.62. The van der Waals surface area contributed by atoms with Crippen LogP contribution >= 0.6 is 0 Å². The van der Waals surface area contributed by atoms with Gasteiger partial charge in [-0.3, -0.25) is 4.79 Å². The lowest BCUT2D eigenvalue weighted by atomic mass is 9.41. The zero-order chi connectivity index (χ0) is 18.8. The summed E-state index contributed by atoms with van der Waals surface area (Å²) in [6, 6.07) is 1.81. The standard InChI is InChI=1S/C20H22O7/c1-18-7-11(9-4-6-24-8-9)25-16(21)10(18)3-5-19(2)14(18)12-13-15(26-13)20(19,23)17(22)27-12/h4,6,8,10-15,23H,3,5,7H2,1-2H3/t10-,11+,12-,13+,14-,15-,18+,19+,20-/m0/s1. The van der Waals surface area contributed by atoms with Gasteiger partial charge in [0.15, 0.2) is 5.60 Å². The second-order valence-corrected chi connectivity index (χ2v) is 9.34. The predicted octanol–water partition coefficient (Wildman–Crippen LogP) is 1.74. The fraction of sp³-hybridized carbons (Fsp3) is 0.700. The average Bonchev–Trinajstić information content (AvgIpc) is 3.24. The quantitative estimate of drug-likeness (QED) is 0.590. The van der Waals surface area contributed by atoms with Gasteiger partial charge in [0.25, 0.3) is 0 Å². The number of aliphatic hydroxyl groups is 1. The minimum Gasteiger partial charge on any atom is -0.472 e. The Hall–Kier alpha value is -1.86. The Morgan fingerprint density at radius 1 is 1.19 bits per heavy atom. The van der Waals surface area contributed by atoms with E-state index in [1.165, 1.54) is 0 Å². The Bertz CT molecular complexity index is 849. The van der Waals surface area contributed by atoms with Crippen LogP contribution in [-0.2, 0) is 23.8 Å². The van der Waals surface area contributed by atoms with Crippen molar-refractivity contribution >= 4 is 11.9 Å². The van der Waals surface area contributed by atoms with Gasteiger partial charge in [0.1, 0.15) is 24.4 Å². The molecule has 144 valence electrons. The Morgan fingerprint density at radius 3 is 2.74 bits per heavy atom. The molecule has 1 aromatic rings. The third-order valence-corrected chi connectivity index (χ3v) is 8.24. The zero-order valence-electron chi connectivity index (χ0n) is 15.2. The molecular formula is C20H22O7. The first-order valence-corrected chi connectivity index (χ1v) is 9.62. The molecule has 1 N–H and O–H groups in total. The Kier molecular flexibility index (Phi) is 2.73. The number of carbonyl (C=O) groups excluding carboxylic acids is 2. The molecule has 7 rings (SSSR count). The molecule has 2 aliphatic carbocycles. The SMILES string of the molecule is C[C@@]12C[C@H](c3ccoc3)OC(=O)[C@@H]1CC[C@]1(C)[C@H]2[C@H]2OC(=O)[C@@]1(O)[C@H]1O[C@H]21. The van der Waals surface area contributed by atoms with Crippen molar-refractivity contribution < 1.29 is 33.3 Å². The first kappa shape index (κ1) is 16.1. The molecule has 0 unspecified atom stereocenters. The summed E-state index contributed by atoms with van der Waals surface area (Å²) in [5, 5.41) is 11.4. The van der Waals surface area contributed by atoms with Crippen molar-refractivity contribution in [2.75, 3.05) is 0 Å². The molecule has 6 fully saturated rings. The van der Waals surface area contributed by atoms with E-state index in [-0.39, 0.29) is 23.9 Å². The van der Waals surface area contributed by atoms with E-state index in [4.69, 9.17) is 18.6 Å². The molecular weight excluding hydrogens is 352 g/mol. The summed E-state index contributed by atoms with van der Waals surface area (Å²) in [7, 11) is 0. The second-order valence-electron chi connectivity index (χ2n) is 9.34. The molecule has 0 aromatic carbocycles. The molecule has 2 bridgehead atoms. The minimum absolute atomic E-state index is 0.169. The number of fused-ring (bicyclic) bond motifs is 2. The maximum Gasteiger partial charge on any atom is 0.341 e. The Labute approximate surface area is 155 Å². The molecule has 27 heavy (non-hydrogen) atoms. The molecule has 0 radical (unpaired) electrons. The smallest absolute Gasteiger partial charge is 0.341 e. The number of hydrogen-bond donors (Lipinski definition) is 1. The van der Waals surface area contributed by atoms with Gasteiger partial charge in [-0.1, -0.05) is 13.8 Å². The van der Waals surface area contributed by atoms with Gasteiger partial charge in [-0.05, 0) is 30.7 Å². The summed E-state index contributed by atoms with van der Waals surface area (Å²) in [5.41, 5.74) is -1.97. The van der Waals surface area contributed by atoms with Gasteiger partial charge in [-0.25, -0.2) is 4.79 Å². The van der Waals surface area contributed by atoms with Crippen molar-refractivity contribution in [3.8, 4) is 0 Å². The van der Waals surface area contributed by atoms with Gasteiger partial charge >= 0.3 is 11.9 Å². The highest BCUT2D eigenvalue weighted by molar-refractivity contribution is 5.85. The summed E-state index contributed by atoms with van der Waals surface area (Å²) < 4.78 is 22.3. The van der Waals surface area contributed by atoms with Crippen molar-refractivity contribution in [3.63, 3.8) is 0 Å². The molecule has 4 aliphatic heterocycles. The minimum atomic E-state index is -1.64. The second kappa shape index (κ2) is 4.58. The van der Waals surface area contributed by atoms with Gasteiger partial charge in [-0.15, -0.1) is 0 Å². The number of epoxide rings is 1. The number of esters is 2. The molecule has 7 heteroatoms. The van der Waals surface area contributed by atoms with Crippen LogP contribution in [0.2, 0.25) is 0 Å². The molecule has 5 heterocycles. The highest BCUT2D eigenvalue weighted by Gasteiger charge is 2.84. The third-order valence-electron chi connectivity index (χ3n) is 8.24. The van der Waals surface area contributed by atoms with E-state index in [2.05, 4.69) is 6.92 Å².